The smallest absolute Gasteiger partial charge is 0.123 e. The fourth-order valence-electron chi connectivity index (χ4n) is 3.57. The van der Waals surface area contributed by atoms with E-state index < -0.39 is 0 Å². The lowest BCUT2D eigenvalue weighted by Crippen LogP contribution is -2.43. The first-order valence-corrected chi connectivity index (χ1v) is 8.04. The van der Waals surface area contributed by atoms with E-state index in [1.165, 1.54) is 24.8 Å². The molecule has 0 amide bonds. The zero-order chi connectivity index (χ0) is 15.4. The van der Waals surface area contributed by atoms with E-state index in [9.17, 15) is 0 Å². The number of benzene rings is 1. The topological polar surface area (TPSA) is 30.5 Å². The molecule has 3 atom stereocenters. The molecule has 0 aliphatic heterocycles. The second-order valence-corrected chi connectivity index (χ2v) is 6.41. The molecule has 0 heterocycles. The minimum absolute atomic E-state index is 0.253. The number of nitrogens with one attached hydrogen (secondary N) is 1. The van der Waals surface area contributed by atoms with Crippen LogP contribution in [0, 0.1) is 11.8 Å². The van der Waals surface area contributed by atoms with Crippen molar-refractivity contribution in [3.05, 3.63) is 23.8 Å². The van der Waals surface area contributed by atoms with E-state index in [1.807, 2.05) is 12.1 Å². The van der Waals surface area contributed by atoms with E-state index in [2.05, 4.69) is 32.2 Å². The van der Waals surface area contributed by atoms with Gasteiger partial charge in [0.25, 0.3) is 0 Å². The predicted molar refractivity (Wildman–Crippen MR) is 87.1 cm³/mol. The Morgan fingerprint density at radius 3 is 2.33 bits per heavy atom. The van der Waals surface area contributed by atoms with Crippen molar-refractivity contribution in [1.82, 2.24) is 5.32 Å². The summed E-state index contributed by atoms with van der Waals surface area (Å²) in [5.74, 6) is 3.26. The monoisotopic (exact) mass is 291 g/mol. The Balaban J connectivity index is 2.17. The summed E-state index contributed by atoms with van der Waals surface area (Å²) in [6.07, 6.45) is 4.01. The maximum Gasteiger partial charge on any atom is 0.123 e. The standard InChI is InChI=1S/C18H29NO2/c1-12-7-6-8-13(2)18(12)19-14(3)16-11-15(20-4)9-10-17(16)21-5/h9-14,18-19H,6-8H2,1-5H3. The second kappa shape index (κ2) is 7.17. The molecule has 1 N–H and O–H groups in total. The van der Waals surface area contributed by atoms with Gasteiger partial charge in [0.2, 0.25) is 0 Å². The van der Waals surface area contributed by atoms with Crippen LogP contribution in [0.4, 0.5) is 0 Å². The first kappa shape index (κ1) is 16.2. The molecule has 0 bridgehead atoms. The van der Waals surface area contributed by atoms with Gasteiger partial charge in [0.05, 0.1) is 14.2 Å². The first-order chi connectivity index (χ1) is 10.1. The highest BCUT2D eigenvalue weighted by molar-refractivity contribution is 5.42. The van der Waals surface area contributed by atoms with E-state index in [4.69, 9.17) is 9.47 Å². The van der Waals surface area contributed by atoms with Gasteiger partial charge in [-0.2, -0.15) is 0 Å². The third-order valence-corrected chi connectivity index (χ3v) is 4.89. The van der Waals surface area contributed by atoms with Crippen LogP contribution in [0.3, 0.4) is 0 Å². The minimum Gasteiger partial charge on any atom is -0.497 e. The van der Waals surface area contributed by atoms with Gasteiger partial charge in [0.15, 0.2) is 0 Å². The molecule has 1 aliphatic carbocycles. The minimum atomic E-state index is 0.253. The van der Waals surface area contributed by atoms with Crippen molar-refractivity contribution in [3.63, 3.8) is 0 Å². The quantitative estimate of drug-likeness (QED) is 0.883. The average molecular weight is 291 g/mol. The highest BCUT2D eigenvalue weighted by atomic mass is 16.5. The third kappa shape index (κ3) is 3.70. The zero-order valence-electron chi connectivity index (χ0n) is 14.0. The van der Waals surface area contributed by atoms with Crippen LogP contribution in [0.25, 0.3) is 0 Å². The summed E-state index contributed by atoms with van der Waals surface area (Å²) in [6, 6.07) is 6.84. The maximum atomic E-state index is 5.51. The fourth-order valence-corrected chi connectivity index (χ4v) is 3.57. The number of rotatable bonds is 5. The molecule has 2 rings (SSSR count). The molecular formula is C18H29NO2. The van der Waals surface area contributed by atoms with Crippen molar-refractivity contribution >= 4 is 0 Å². The Kier molecular flexibility index (Phi) is 5.51. The largest absolute Gasteiger partial charge is 0.497 e. The molecule has 0 spiro atoms. The highest BCUT2D eigenvalue weighted by Crippen LogP contribution is 2.33. The van der Waals surface area contributed by atoms with E-state index in [0.29, 0.717) is 6.04 Å². The van der Waals surface area contributed by atoms with Crippen molar-refractivity contribution in [2.45, 2.75) is 52.1 Å². The van der Waals surface area contributed by atoms with Crippen LogP contribution in [0.2, 0.25) is 0 Å². The lowest BCUT2D eigenvalue weighted by molar-refractivity contribution is 0.195. The molecule has 1 aliphatic rings. The summed E-state index contributed by atoms with van der Waals surface area (Å²) in [5.41, 5.74) is 1.17. The van der Waals surface area contributed by atoms with Crippen LogP contribution in [0.1, 0.15) is 51.6 Å². The van der Waals surface area contributed by atoms with Crippen LogP contribution in [0.15, 0.2) is 18.2 Å². The van der Waals surface area contributed by atoms with Crippen LogP contribution in [0.5, 0.6) is 11.5 Å². The molecule has 0 saturated heterocycles. The molecule has 21 heavy (non-hydrogen) atoms. The van der Waals surface area contributed by atoms with Gasteiger partial charge in [-0.15, -0.1) is 0 Å². The molecule has 3 heteroatoms. The Morgan fingerprint density at radius 2 is 1.76 bits per heavy atom. The van der Waals surface area contributed by atoms with Gasteiger partial charge in [-0.3, -0.25) is 0 Å². The van der Waals surface area contributed by atoms with Gasteiger partial charge in [-0.1, -0.05) is 20.3 Å². The van der Waals surface area contributed by atoms with Gasteiger partial charge in [0, 0.05) is 17.6 Å². The normalized spacial score (nSPS) is 27.2. The highest BCUT2D eigenvalue weighted by Gasteiger charge is 2.29. The van der Waals surface area contributed by atoms with Gasteiger partial charge in [-0.25, -0.2) is 0 Å². The number of ether oxygens (including phenoxy) is 2. The average Bonchev–Trinajstić information content (AvgIpc) is 2.50. The Labute approximate surface area is 129 Å². The van der Waals surface area contributed by atoms with Crippen molar-refractivity contribution in [2.75, 3.05) is 14.2 Å². The molecule has 0 aromatic heterocycles. The second-order valence-electron chi connectivity index (χ2n) is 6.41. The lowest BCUT2D eigenvalue weighted by Gasteiger charge is -2.37. The summed E-state index contributed by atoms with van der Waals surface area (Å²) in [4.78, 5) is 0. The summed E-state index contributed by atoms with van der Waals surface area (Å²) in [7, 11) is 3.43. The number of hydrogen-bond donors (Lipinski definition) is 1. The van der Waals surface area contributed by atoms with Crippen molar-refractivity contribution in [3.8, 4) is 11.5 Å². The molecule has 0 radical (unpaired) electrons. The van der Waals surface area contributed by atoms with Crippen LogP contribution in [-0.2, 0) is 0 Å². The van der Waals surface area contributed by atoms with Crippen molar-refractivity contribution < 1.29 is 9.47 Å². The SMILES string of the molecule is COc1ccc(OC)c(C(C)NC2C(C)CCCC2C)c1. The zero-order valence-corrected chi connectivity index (χ0v) is 14.0. The van der Waals surface area contributed by atoms with Gasteiger partial charge < -0.3 is 14.8 Å². The summed E-state index contributed by atoms with van der Waals surface area (Å²) >= 11 is 0. The van der Waals surface area contributed by atoms with Gasteiger partial charge in [-0.05, 0) is 49.8 Å². The predicted octanol–water partition coefficient (Wildman–Crippen LogP) is 4.18. The molecule has 1 fully saturated rings. The van der Waals surface area contributed by atoms with Crippen LogP contribution < -0.4 is 14.8 Å². The van der Waals surface area contributed by atoms with E-state index in [0.717, 1.165) is 23.3 Å². The number of methoxy groups -OCH3 is 2. The Bertz CT molecular complexity index is 451. The maximum absolute atomic E-state index is 5.51. The molecule has 1 aromatic carbocycles. The fraction of sp³-hybridized carbons (Fsp3) is 0.667. The van der Waals surface area contributed by atoms with Gasteiger partial charge >= 0.3 is 0 Å². The molecular weight excluding hydrogens is 262 g/mol. The Morgan fingerprint density at radius 1 is 1.10 bits per heavy atom. The summed E-state index contributed by atoms with van der Waals surface area (Å²) < 4.78 is 10.9. The Hall–Kier alpha value is -1.22. The van der Waals surface area contributed by atoms with E-state index >= 15 is 0 Å². The third-order valence-electron chi connectivity index (χ3n) is 4.89. The van der Waals surface area contributed by atoms with Crippen LogP contribution >= 0.6 is 0 Å². The number of hydrogen-bond acceptors (Lipinski definition) is 3. The van der Waals surface area contributed by atoms with Crippen molar-refractivity contribution in [2.24, 2.45) is 11.8 Å². The van der Waals surface area contributed by atoms with E-state index in [1.54, 1.807) is 14.2 Å². The molecule has 118 valence electrons. The van der Waals surface area contributed by atoms with Gasteiger partial charge in [0.1, 0.15) is 11.5 Å². The van der Waals surface area contributed by atoms with E-state index in [-0.39, 0.29) is 6.04 Å². The molecule has 3 unspecified atom stereocenters. The molecule has 3 nitrogen and oxygen atoms in total. The summed E-state index contributed by atoms with van der Waals surface area (Å²) in [6.45, 7) is 6.94. The lowest BCUT2D eigenvalue weighted by atomic mass is 9.78. The molecule has 1 saturated carbocycles. The van der Waals surface area contributed by atoms with Crippen molar-refractivity contribution in [1.29, 1.82) is 0 Å². The summed E-state index contributed by atoms with van der Waals surface area (Å²) in [5, 5.41) is 3.83. The molecule has 1 aromatic rings. The first-order valence-electron chi connectivity index (χ1n) is 8.04. The van der Waals surface area contributed by atoms with Crippen LogP contribution in [-0.4, -0.2) is 20.3 Å².